The average molecular weight is 345 g/mol. The van der Waals surface area contributed by atoms with Gasteiger partial charge in [-0.05, 0) is 37.3 Å². The van der Waals surface area contributed by atoms with Gasteiger partial charge in [-0.2, -0.15) is 0 Å². The van der Waals surface area contributed by atoms with Crippen LogP contribution in [-0.4, -0.2) is 14.1 Å². The third-order valence-electron chi connectivity index (χ3n) is 3.29. The molecule has 4 heteroatoms. The molecule has 2 rings (SSSR count). The van der Waals surface area contributed by atoms with E-state index in [-0.39, 0.29) is 5.78 Å². The second kappa shape index (κ2) is 7.26. The van der Waals surface area contributed by atoms with Gasteiger partial charge in [0.15, 0.2) is 14.1 Å². The topological polar surface area (TPSA) is 26.3 Å². The van der Waals surface area contributed by atoms with Crippen molar-refractivity contribution in [1.29, 1.82) is 0 Å². The van der Waals surface area contributed by atoms with Crippen LogP contribution in [0.2, 0.25) is 24.7 Å². The Balaban J connectivity index is 2.35. The van der Waals surface area contributed by atoms with E-state index in [0.717, 1.165) is 5.56 Å². The first kappa shape index (κ1) is 17.7. The average Bonchev–Trinajstić information content (AvgIpc) is 2.52. The molecule has 1 atom stereocenters. The monoisotopic (exact) mass is 344 g/mol. The number of halogens is 1. The van der Waals surface area contributed by atoms with Crippen molar-refractivity contribution in [3.8, 4) is 0 Å². The van der Waals surface area contributed by atoms with Gasteiger partial charge in [0.05, 0.1) is 6.10 Å². The number of carbonyl (C=O) groups is 1. The molecule has 1 unspecified atom stereocenters. The van der Waals surface area contributed by atoms with Crippen LogP contribution in [0.15, 0.2) is 66.7 Å². The highest BCUT2D eigenvalue weighted by Gasteiger charge is 2.28. The maximum Gasteiger partial charge on any atom is 0.191 e. The summed E-state index contributed by atoms with van der Waals surface area (Å²) in [5, 5.41) is 0.653. The van der Waals surface area contributed by atoms with Gasteiger partial charge < -0.3 is 4.43 Å². The van der Waals surface area contributed by atoms with Crippen molar-refractivity contribution in [3.05, 3.63) is 82.9 Å². The number of Topliss-reactive ketones (excluding diaryl/α,β-unsaturated/α-hetero) is 1. The van der Waals surface area contributed by atoms with E-state index in [4.69, 9.17) is 16.0 Å². The molecule has 0 aliphatic heterocycles. The summed E-state index contributed by atoms with van der Waals surface area (Å²) in [6.07, 6.45) is -0.452. The van der Waals surface area contributed by atoms with Crippen LogP contribution in [-0.2, 0) is 4.43 Å². The summed E-state index contributed by atoms with van der Waals surface area (Å²) in [6.45, 7) is 10.3. The molecule has 0 saturated carbocycles. The molecule has 0 aliphatic rings. The fourth-order valence-corrected chi connectivity index (χ4v) is 3.34. The largest absolute Gasteiger partial charge is 0.407 e. The van der Waals surface area contributed by atoms with E-state index in [1.54, 1.807) is 24.3 Å². The van der Waals surface area contributed by atoms with Gasteiger partial charge in [-0.25, -0.2) is 0 Å². The standard InChI is InChI=1S/C19H21ClO2Si/c1-14(18(21)15-8-6-5-7-9-15)19(22-23(2,3)4)16-10-12-17(20)13-11-16/h5-13,19H,1H2,2-4H3. The van der Waals surface area contributed by atoms with E-state index < -0.39 is 14.4 Å². The van der Waals surface area contributed by atoms with Gasteiger partial charge in [-0.3, -0.25) is 4.79 Å². The van der Waals surface area contributed by atoms with Crippen molar-refractivity contribution in [2.75, 3.05) is 0 Å². The number of hydrogen-bond acceptors (Lipinski definition) is 2. The Hall–Kier alpha value is -1.68. The molecule has 2 nitrogen and oxygen atoms in total. The molecule has 0 bridgehead atoms. The first-order valence-corrected chi connectivity index (χ1v) is 11.3. The maximum atomic E-state index is 12.7. The second-order valence-electron chi connectivity index (χ2n) is 6.38. The van der Waals surface area contributed by atoms with Crippen LogP contribution in [0.25, 0.3) is 0 Å². The summed E-state index contributed by atoms with van der Waals surface area (Å²) in [5.41, 5.74) is 1.96. The van der Waals surface area contributed by atoms with E-state index in [2.05, 4.69) is 26.2 Å². The van der Waals surface area contributed by atoms with Crippen LogP contribution >= 0.6 is 11.6 Å². The van der Waals surface area contributed by atoms with Gasteiger partial charge in [0.2, 0.25) is 0 Å². The van der Waals surface area contributed by atoms with Crippen molar-refractivity contribution in [2.24, 2.45) is 0 Å². The van der Waals surface area contributed by atoms with E-state index in [0.29, 0.717) is 16.2 Å². The molecule has 2 aromatic carbocycles. The molecule has 0 aromatic heterocycles. The van der Waals surface area contributed by atoms with Crippen LogP contribution in [0, 0.1) is 0 Å². The summed E-state index contributed by atoms with van der Waals surface area (Å²) in [5.74, 6) is -0.0937. The fraction of sp³-hybridized carbons (Fsp3) is 0.211. The summed E-state index contributed by atoms with van der Waals surface area (Å²) >= 11 is 5.97. The smallest absolute Gasteiger partial charge is 0.191 e. The molecule has 120 valence electrons. The Kier molecular flexibility index (Phi) is 5.58. The first-order valence-electron chi connectivity index (χ1n) is 7.50. The SMILES string of the molecule is C=C(C(=O)c1ccccc1)C(O[Si](C)(C)C)c1ccc(Cl)cc1. The summed E-state index contributed by atoms with van der Waals surface area (Å²) in [6, 6.07) is 16.5. The van der Waals surface area contributed by atoms with Crippen LogP contribution in [0.5, 0.6) is 0 Å². The Morgan fingerprint density at radius 2 is 1.61 bits per heavy atom. The highest BCUT2D eigenvalue weighted by atomic mass is 35.5. The summed E-state index contributed by atoms with van der Waals surface area (Å²) in [4.78, 5) is 12.7. The number of carbonyl (C=O) groups excluding carboxylic acids is 1. The molecule has 0 heterocycles. The molecular formula is C19H21ClO2Si. The van der Waals surface area contributed by atoms with Crippen LogP contribution in [0.4, 0.5) is 0 Å². The molecule has 0 amide bonds. The van der Waals surface area contributed by atoms with Crippen LogP contribution < -0.4 is 0 Å². The molecule has 0 N–H and O–H groups in total. The van der Waals surface area contributed by atoms with Gasteiger partial charge >= 0.3 is 0 Å². The summed E-state index contributed by atoms with van der Waals surface area (Å²) in [7, 11) is -1.87. The Morgan fingerprint density at radius 3 is 2.13 bits per heavy atom. The normalized spacial score (nSPS) is 12.7. The molecular weight excluding hydrogens is 324 g/mol. The Bertz CT molecular complexity index is 688. The first-order chi connectivity index (χ1) is 10.8. The lowest BCUT2D eigenvalue weighted by molar-refractivity contribution is 0.0995. The Morgan fingerprint density at radius 1 is 1.04 bits per heavy atom. The predicted octanol–water partition coefficient (Wildman–Crippen LogP) is 5.67. The van der Waals surface area contributed by atoms with Crippen LogP contribution in [0.3, 0.4) is 0 Å². The minimum Gasteiger partial charge on any atom is -0.407 e. The van der Waals surface area contributed by atoms with Gasteiger partial charge in [-0.15, -0.1) is 0 Å². The van der Waals surface area contributed by atoms with E-state index >= 15 is 0 Å². The molecule has 2 aromatic rings. The Labute approximate surface area is 143 Å². The molecule has 0 radical (unpaired) electrons. The molecule has 0 spiro atoms. The molecule has 23 heavy (non-hydrogen) atoms. The van der Waals surface area contributed by atoms with Gasteiger partial charge in [0.25, 0.3) is 0 Å². The van der Waals surface area contributed by atoms with Crippen molar-refractivity contribution in [3.63, 3.8) is 0 Å². The van der Waals surface area contributed by atoms with E-state index in [1.807, 2.05) is 30.3 Å². The fourth-order valence-electron chi connectivity index (χ4n) is 2.23. The number of ketones is 1. The summed E-state index contributed by atoms with van der Waals surface area (Å²) < 4.78 is 6.24. The quantitative estimate of drug-likeness (QED) is 0.383. The van der Waals surface area contributed by atoms with Crippen molar-refractivity contribution >= 4 is 25.7 Å². The molecule has 0 fully saturated rings. The number of benzene rings is 2. The van der Waals surface area contributed by atoms with Crippen LogP contribution in [0.1, 0.15) is 22.0 Å². The molecule has 0 saturated heterocycles. The lowest BCUT2D eigenvalue weighted by Crippen LogP contribution is -2.30. The van der Waals surface area contributed by atoms with E-state index in [9.17, 15) is 4.79 Å². The maximum absolute atomic E-state index is 12.7. The second-order valence-corrected chi connectivity index (χ2v) is 11.3. The van der Waals surface area contributed by atoms with Gasteiger partial charge in [-0.1, -0.05) is 60.6 Å². The zero-order valence-corrected chi connectivity index (χ0v) is 15.4. The highest BCUT2D eigenvalue weighted by Crippen LogP contribution is 2.31. The number of hydrogen-bond donors (Lipinski definition) is 0. The van der Waals surface area contributed by atoms with Crippen molar-refractivity contribution in [1.82, 2.24) is 0 Å². The third-order valence-corrected chi connectivity index (χ3v) is 4.48. The molecule has 0 aliphatic carbocycles. The number of rotatable bonds is 6. The van der Waals surface area contributed by atoms with E-state index in [1.165, 1.54) is 0 Å². The zero-order chi connectivity index (χ0) is 17.0. The van der Waals surface area contributed by atoms with Crippen molar-refractivity contribution in [2.45, 2.75) is 25.7 Å². The lowest BCUT2D eigenvalue weighted by Gasteiger charge is -2.28. The third kappa shape index (κ3) is 4.89. The van der Waals surface area contributed by atoms with Gasteiger partial charge in [0, 0.05) is 16.2 Å². The van der Waals surface area contributed by atoms with Gasteiger partial charge in [0.1, 0.15) is 0 Å². The predicted molar refractivity (Wildman–Crippen MR) is 98.5 cm³/mol. The zero-order valence-electron chi connectivity index (χ0n) is 13.7. The van der Waals surface area contributed by atoms with Crippen molar-refractivity contribution < 1.29 is 9.22 Å². The highest BCUT2D eigenvalue weighted by molar-refractivity contribution is 6.69. The minimum absolute atomic E-state index is 0.0937. The minimum atomic E-state index is -1.87. The lowest BCUT2D eigenvalue weighted by atomic mass is 9.96.